The van der Waals surface area contributed by atoms with Crippen LogP contribution in [0, 0.1) is 20.8 Å². The van der Waals surface area contributed by atoms with E-state index in [1.165, 1.54) is 11.8 Å². The molecule has 0 saturated carbocycles. The van der Waals surface area contributed by atoms with Gasteiger partial charge in [0.15, 0.2) is 5.78 Å². The van der Waals surface area contributed by atoms with Crippen LogP contribution >= 0.6 is 11.8 Å². The number of tetrazole rings is 1. The van der Waals surface area contributed by atoms with Crippen molar-refractivity contribution >= 4 is 17.5 Å². The summed E-state index contributed by atoms with van der Waals surface area (Å²) in [6, 6.07) is 11.7. The molecule has 0 aliphatic heterocycles. The Morgan fingerprint density at radius 1 is 1.12 bits per heavy atom. The molecule has 0 saturated heterocycles. The van der Waals surface area contributed by atoms with E-state index in [1.807, 2.05) is 57.2 Å². The number of methoxy groups -OCH3 is 1. The predicted octanol–water partition coefficient (Wildman–Crippen LogP) is 3.57. The average molecular weight is 368 g/mol. The highest BCUT2D eigenvalue weighted by molar-refractivity contribution is 7.99. The van der Waals surface area contributed by atoms with E-state index in [4.69, 9.17) is 4.74 Å². The highest BCUT2D eigenvalue weighted by Gasteiger charge is 2.16. The molecule has 0 bridgehead atoms. The Bertz CT molecular complexity index is 952. The Balaban J connectivity index is 1.83. The number of nitrogens with zero attached hydrogens (tertiary/aromatic N) is 4. The Kier molecular flexibility index (Phi) is 5.37. The van der Waals surface area contributed by atoms with Gasteiger partial charge in [0.1, 0.15) is 11.4 Å². The van der Waals surface area contributed by atoms with Crippen molar-refractivity contribution in [3.05, 3.63) is 58.7 Å². The quantitative estimate of drug-likeness (QED) is 0.489. The second kappa shape index (κ2) is 7.70. The van der Waals surface area contributed by atoms with Crippen molar-refractivity contribution in [1.29, 1.82) is 0 Å². The number of Topliss-reactive ketones (excluding diaryl/α,β-unsaturated/α-hetero) is 1. The van der Waals surface area contributed by atoms with Crippen molar-refractivity contribution in [2.45, 2.75) is 25.9 Å². The van der Waals surface area contributed by atoms with E-state index in [2.05, 4.69) is 15.5 Å². The maximum absolute atomic E-state index is 12.6. The molecule has 1 aromatic heterocycles. The van der Waals surface area contributed by atoms with Gasteiger partial charge in [0, 0.05) is 5.56 Å². The summed E-state index contributed by atoms with van der Waals surface area (Å²) < 4.78 is 7.01. The molecule has 0 radical (unpaired) electrons. The number of ether oxygens (including phenoxy) is 1. The van der Waals surface area contributed by atoms with E-state index in [0.717, 1.165) is 27.9 Å². The van der Waals surface area contributed by atoms with Gasteiger partial charge in [-0.25, -0.2) is 0 Å². The molecule has 3 rings (SSSR count). The van der Waals surface area contributed by atoms with E-state index in [0.29, 0.717) is 10.9 Å². The standard InChI is InChI=1S/C19H20N4O2S/c1-12-5-7-14(3)15(9-12)17(24)11-26-19-20-21-22-23(19)16-10-13(2)6-8-18(16)25-4/h5-10H,11H2,1-4H3. The van der Waals surface area contributed by atoms with E-state index in [9.17, 15) is 4.79 Å². The van der Waals surface area contributed by atoms with E-state index in [-0.39, 0.29) is 11.5 Å². The zero-order valence-corrected chi connectivity index (χ0v) is 16.0. The number of ketones is 1. The molecule has 0 amide bonds. The molecule has 0 N–H and O–H groups in total. The number of hydrogen-bond donors (Lipinski definition) is 0. The van der Waals surface area contributed by atoms with Gasteiger partial charge in [0.2, 0.25) is 5.16 Å². The maximum atomic E-state index is 12.6. The molecule has 26 heavy (non-hydrogen) atoms. The minimum atomic E-state index is 0.0574. The van der Waals surface area contributed by atoms with Gasteiger partial charge in [0.25, 0.3) is 0 Å². The van der Waals surface area contributed by atoms with Crippen molar-refractivity contribution in [1.82, 2.24) is 20.2 Å². The first kappa shape index (κ1) is 18.1. The van der Waals surface area contributed by atoms with Crippen LogP contribution in [0.5, 0.6) is 5.75 Å². The minimum Gasteiger partial charge on any atom is -0.494 e. The molecule has 6 nitrogen and oxygen atoms in total. The lowest BCUT2D eigenvalue weighted by atomic mass is 10.0. The third-order valence-electron chi connectivity index (χ3n) is 4.03. The van der Waals surface area contributed by atoms with Gasteiger partial charge in [-0.1, -0.05) is 35.5 Å². The molecule has 134 valence electrons. The first-order valence-electron chi connectivity index (χ1n) is 8.16. The highest BCUT2D eigenvalue weighted by Crippen LogP contribution is 2.27. The molecule has 3 aromatic rings. The summed E-state index contributed by atoms with van der Waals surface area (Å²) >= 11 is 1.31. The normalized spacial score (nSPS) is 10.8. The second-order valence-corrected chi connectivity index (χ2v) is 7.02. The number of carbonyl (C=O) groups is 1. The zero-order valence-electron chi connectivity index (χ0n) is 15.2. The van der Waals surface area contributed by atoms with Crippen LogP contribution in [0.3, 0.4) is 0 Å². The molecular weight excluding hydrogens is 348 g/mol. The number of aryl methyl sites for hydroxylation is 3. The molecule has 7 heteroatoms. The summed E-state index contributed by atoms with van der Waals surface area (Å²) in [4.78, 5) is 12.6. The Hall–Kier alpha value is -2.67. The van der Waals surface area contributed by atoms with Gasteiger partial charge >= 0.3 is 0 Å². The molecular formula is C19H20N4O2S. The van der Waals surface area contributed by atoms with Crippen LogP contribution in [0.15, 0.2) is 41.6 Å². The molecule has 0 unspecified atom stereocenters. The van der Waals surface area contributed by atoms with Crippen molar-refractivity contribution in [2.75, 3.05) is 12.9 Å². The predicted molar refractivity (Wildman–Crippen MR) is 101 cm³/mol. The number of hydrogen-bond acceptors (Lipinski definition) is 6. The molecule has 0 atom stereocenters. The highest BCUT2D eigenvalue weighted by atomic mass is 32.2. The summed E-state index contributed by atoms with van der Waals surface area (Å²) in [7, 11) is 1.61. The first-order chi connectivity index (χ1) is 12.5. The van der Waals surface area contributed by atoms with Crippen molar-refractivity contribution in [2.24, 2.45) is 0 Å². The van der Waals surface area contributed by atoms with E-state index >= 15 is 0 Å². The fraction of sp³-hybridized carbons (Fsp3) is 0.263. The topological polar surface area (TPSA) is 69.9 Å². The van der Waals surface area contributed by atoms with Crippen molar-refractivity contribution in [3.63, 3.8) is 0 Å². The monoisotopic (exact) mass is 368 g/mol. The third kappa shape index (κ3) is 3.77. The Morgan fingerprint density at radius 3 is 2.62 bits per heavy atom. The number of carbonyl (C=O) groups excluding carboxylic acids is 1. The third-order valence-corrected chi connectivity index (χ3v) is 4.95. The summed E-state index contributed by atoms with van der Waals surface area (Å²) in [5.74, 6) is 0.992. The van der Waals surface area contributed by atoms with Crippen molar-refractivity contribution in [3.8, 4) is 11.4 Å². The van der Waals surface area contributed by atoms with Crippen LogP contribution in [-0.4, -0.2) is 38.9 Å². The van der Waals surface area contributed by atoms with Crippen LogP contribution < -0.4 is 4.74 Å². The summed E-state index contributed by atoms with van der Waals surface area (Å²) in [5.41, 5.74) is 4.60. The number of rotatable bonds is 6. The summed E-state index contributed by atoms with van der Waals surface area (Å²) in [5, 5.41) is 12.4. The minimum absolute atomic E-state index is 0.0574. The maximum Gasteiger partial charge on any atom is 0.214 e. The average Bonchev–Trinajstić information content (AvgIpc) is 3.10. The Labute approximate surface area is 156 Å². The summed E-state index contributed by atoms with van der Waals surface area (Å²) in [6.45, 7) is 5.91. The SMILES string of the molecule is COc1ccc(C)cc1-n1nnnc1SCC(=O)c1cc(C)ccc1C. The van der Waals surface area contributed by atoms with Crippen LogP contribution in [-0.2, 0) is 0 Å². The van der Waals surface area contributed by atoms with E-state index in [1.54, 1.807) is 11.8 Å². The Morgan fingerprint density at radius 2 is 1.85 bits per heavy atom. The van der Waals surface area contributed by atoms with Gasteiger partial charge in [-0.05, 0) is 60.5 Å². The van der Waals surface area contributed by atoms with Gasteiger partial charge in [-0.3, -0.25) is 4.79 Å². The molecule has 0 spiro atoms. The number of benzene rings is 2. The van der Waals surface area contributed by atoms with Crippen molar-refractivity contribution < 1.29 is 9.53 Å². The van der Waals surface area contributed by atoms with Crippen LogP contribution in [0.25, 0.3) is 5.69 Å². The van der Waals surface area contributed by atoms with Gasteiger partial charge in [-0.2, -0.15) is 4.68 Å². The largest absolute Gasteiger partial charge is 0.494 e. The number of thioether (sulfide) groups is 1. The van der Waals surface area contributed by atoms with Crippen LogP contribution in [0.1, 0.15) is 27.0 Å². The van der Waals surface area contributed by atoms with Gasteiger partial charge in [-0.15, -0.1) is 5.10 Å². The van der Waals surface area contributed by atoms with Crippen LogP contribution in [0.2, 0.25) is 0 Å². The van der Waals surface area contributed by atoms with Gasteiger partial charge in [0.05, 0.1) is 12.9 Å². The lowest BCUT2D eigenvalue weighted by Crippen LogP contribution is -2.07. The van der Waals surface area contributed by atoms with Gasteiger partial charge < -0.3 is 4.74 Å². The smallest absolute Gasteiger partial charge is 0.214 e. The fourth-order valence-electron chi connectivity index (χ4n) is 2.63. The molecule has 1 heterocycles. The molecule has 0 fully saturated rings. The second-order valence-electron chi connectivity index (χ2n) is 6.08. The first-order valence-corrected chi connectivity index (χ1v) is 9.15. The molecule has 2 aromatic carbocycles. The zero-order chi connectivity index (χ0) is 18.7. The lowest BCUT2D eigenvalue weighted by Gasteiger charge is -2.10. The lowest BCUT2D eigenvalue weighted by molar-refractivity contribution is 0.102. The van der Waals surface area contributed by atoms with Crippen LogP contribution in [0.4, 0.5) is 0 Å². The molecule has 0 aliphatic rings. The number of aromatic nitrogens is 4. The molecule has 0 aliphatic carbocycles. The fourth-order valence-corrected chi connectivity index (χ4v) is 3.40. The summed E-state index contributed by atoms with van der Waals surface area (Å²) in [6.07, 6.45) is 0. The van der Waals surface area contributed by atoms with E-state index < -0.39 is 0 Å².